The third-order valence-corrected chi connectivity index (χ3v) is 2.45. The fraction of sp³-hybridized carbons (Fsp3) is 1.00. The molecule has 0 fully saturated rings. The second-order valence-electron chi connectivity index (χ2n) is 4.22. The van der Waals surface area contributed by atoms with E-state index in [0.29, 0.717) is 0 Å². The van der Waals surface area contributed by atoms with Crippen LogP contribution in [0.5, 0.6) is 0 Å². The normalized spacial score (nSPS) is 13.8. The first kappa shape index (κ1) is 12.0. The Labute approximate surface area is 77.7 Å². The smallest absolute Gasteiger partial charge is 0.00489 e. The van der Waals surface area contributed by atoms with Crippen LogP contribution in [0.1, 0.15) is 52.9 Å². The highest BCUT2D eigenvalue weighted by atomic mass is 14.5. The summed E-state index contributed by atoms with van der Waals surface area (Å²) in [5, 5.41) is 0. The van der Waals surface area contributed by atoms with Gasteiger partial charge in [0.15, 0.2) is 0 Å². The summed E-state index contributed by atoms with van der Waals surface area (Å²) in [4.78, 5) is 0. The zero-order valence-electron chi connectivity index (χ0n) is 8.97. The van der Waals surface area contributed by atoms with E-state index in [2.05, 4.69) is 20.8 Å². The molecule has 0 aromatic rings. The molecule has 2 N–H and O–H groups in total. The van der Waals surface area contributed by atoms with Gasteiger partial charge in [0.05, 0.1) is 0 Å². The van der Waals surface area contributed by atoms with E-state index in [9.17, 15) is 0 Å². The van der Waals surface area contributed by atoms with Crippen molar-refractivity contribution in [2.75, 3.05) is 6.54 Å². The zero-order valence-corrected chi connectivity index (χ0v) is 8.97. The molecule has 1 nitrogen and oxygen atoms in total. The van der Waals surface area contributed by atoms with Crippen LogP contribution in [0.15, 0.2) is 0 Å². The van der Waals surface area contributed by atoms with Crippen molar-refractivity contribution < 1.29 is 0 Å². The number of rotatable bonds is 7. The summed E-state index contributed by atoms with van der Waals surface area (Å²) in [6, 6.07) is 0. The Kier molecular flexibility index (Phi) is 7.58. The Balaban J connectivity index is 3.39. The van der Waals surface area contributed by atoms with Gasteiger partial charge in [-0.1, -0.05) is 40.0 Å². The summed E-state index contributed by atoms with van der Waals surface area (Å²) in [7, 11) is 0. The van der Waals surface area contributed by atoms with Crippen molar-refractivity contribution in [1.82, 2.24) is 0 Å². The molecule has 0 aliphatic rings. The van der Waals surface area contributed by atoms with Crippen molar-refractivity contribution in [2.45, 2.75) is 52.9 Å². The second-order valence-corrected chi connectivity index (χ2v) is 4.22. The average Bonchev–Trinajstić information content (AvgIpc) is 2.05. The molecule has 0 saturated carbocycles. The van der Waals surface area contributed by atoms with Gasteiger partial charge >= 0.3 is 0 Å². The van der Waals surface area contributed by atoms with E-state index in [4.69, 9.17) is 5.73 Å². The van der Waals surface area contributed by atoms with Gasteiger partial charge in [-0.3, -0.25) is 0 Å². The van der Waals surface area contributed by atoms with Crippen LogP contribution in [-0.2, 0) is 0 Å². The van der Waals surface area contributed by atoms with E-state index < -0.39 is 0 Å². The van der Waals surface area contributed by atoms with Gasteiger partial charge in [0.1, 0.15) is 0 Å². The van der Waals surface area contributed by atoms with Crippen LogP contribution >= 0.6 is 0 Å². The molecule has 0 saturated heterocycles. The molecule has 0 spiro atoms. The van der Waals surface area contributed by atoms with Crippen molar-refractivity contribution >= 4 is 0 Å². The molecule has 0 bridgehead atoms. The minimum Gasteiger partial charge on any atom is -0.330 e. The number of unbranched alkanes of at least 4 members (excludes halogenated alkanes) is 1. The molecular weight excluding hydrogens is 146 g/mol. The second kappa shape index (κ2) is 7.60. The molecule has 0 aliphatic heterocycles. The molecular formula is C11H25N. The van der Waals surface area contributed by atoms with Gasteiger partial charge < -0.3 is 5.73 Å². The van der Waals surface area contributed by atoms with Crippen molar-refractivity contribution in [1.29, 1.82) is 0 Å². The highest BCUT2D eigenvalue weighted by molar-refractivity contribution is 4.61. The lowest BCUT2D eigenvalue weighted by Gasteiger charge is -2.15. The Morgan fingerprint density at radius 1 is 1.08 bits per heavy atom. The summed E-state index contributed by atoms with van der Waals surface area (Å²) < 4.78 is 0. The van der Waals surface area contributed by atoms with Crippen LogP contribution in [0.4, 0.5) is 0 Å². The maximum absolute atomic E-state index is 5.70. The zero-order chi connectivity index (χ0) is 9.40. The lowest BCUT2D eigenvalue weighted by atomic mass is 9.93. The molecule has 1 atom stereocenters. The molecule has 0 aromatic heterocycles. The van der Waals surface area contributed by atoms with Crippen molar-refractivity contribution in [2.24, 2.45) is 17.6 Å². The van der Waals surface area contributed by atoms with Crippen LogP contribution < -0.4 is 5.73 Å². The molecule has 12 heavy (non-hydrogen) atoms. The van der Waals surface area contributed by atoms with Crippen molar-refractivity contribution in [3.8, 4) is 0 Å². The van der Waals surface area contributed by atoms with E-state index in [0.717, 1.165) is 18.4 Å². The molecule has 0 radical (unpaired) electrons. The van der Waals surface area contributed by atoms with Crippen LogP contribution in [-0.4, -0.2) is 6.54 Å². The average molecular weight is 171 g/mol. The van der Waals surface area contributed by atoms with E-state index >= 15 is 0 Å². The van der Waals surface area contributed by atoms with Gasteiger partial charge in [-0.2, -0.15) is 0 Å². The molecule has 0 unspecified atom stereocenters. The maximum atomic E-state index is 5.70. The Morgan fingerprint density at radius 3 is 2.17 bits per heavy atom. The predicted molar refractivity (Wildman–Crippen MR) is 56.1 cm³/mol. The Hall–Kier alpha value is -0.0400. The van der Waals surface area contributed by atoms with Gasteiger partial charge in [0, 0.05) is 0 Å². The van der Waals surface area contributed by atoms with Crippen LogP contribution in [0.25, 0.3) is 0 Å². The monoisotopic (exact) mass is 171 g/mol. The summed E-state index contributed by atoms with van der Waals surface area (Å²) in [5.74, 6) is 1.62. The molecule has 0 aliphatic carbocycles. The van der Waals surface area contributed by atoms with E-state index in [-0.39, 0.29) is 0 Å². The molecule has 0 aromatic carbocycles. The quantitative estimate of drug-likeness (QED) is 0.625. The predicted octanol–water partition coefficient (Wildman–Crippen LogP) is 3.19. The van der Waals surface area contributed by atoms with Crippen molar-refractivity contribution in [3.63, 3.8) is 0 Å². The molecule has 1 heteroatoms. The number of nitrogens with two attached hydrogens (primary N) is 1. The summed E-state index contributed by atoms with van der Waals surface area (Å²) in [5.41, 5.74) is 5.70. The van der Waals surface area contributed by atoms with Gasteiger partial charge in [0.25, 0.3) is 0 Å². The topological polar surface area (TPSA) is 26.0 Å². The van der Waals surface area contributed by atoms with E-state index in [1.165, 1.54) is 32.1 Å². The van der Waals surface area contributed by atoms with E-state index in [1.54, 1.807) is 0 Å². The van der Waals surface area contributed by atoms with Gasteiger partial charge in [0.2, 0.25) is 0 Å². The first-order valence-corrected chi connectivity index (χ1v) is 5.40. The SMILES string of the molecule is CCCC[C@@H](CN)CCC(C)C. The number of hydrogen-bond donors (Lipinski definition) is 1. The number of hydrogen-bond acceptors (Lipinski definition) is 1. The highest BCUT2D eigenvalue weighted by Gasteiger charge is 2.06. The summed E-state index contributed by atoms with van der Waals surface area (Å²) in [6.07, 6.45) is 6.65. The fourth-order valence-electron chi connectivity index (χ4n) is 1.44. The minimum atomic E-state index is 0.785. The third kappa shape index (κ3) is 6.66. The fourth-order valence-corrected chi connectivity index (χ4v) is 1.44. The standard InChI is InChI=1S/C11H25N/c1-4-5-6-11(9-12)8-7-10(2)3/h10-11H,4-9,12H2,1-3H3/t11-/m1/s1. The highest BCUT2D eigenvalue weighted by Crippen LogP contribution is 2.16. The van der Waals surface area contributed by atoms with E-state index in [1.807, 2.05) is 0 Å². The molecule has 0 amide bonds. The molecule has 0 heterocycles. The van der Waals surface area contributed by atoms with Crippen LogP contribution in [0.2, 0.25) is 0 Å². The first-order valence-electron chi connectivity index (χ1n) is 5.40. The van der Waals surface area contributed by atoms with Crippen LogP contribution in [0, 0.1) is 11.8 Å². The maximum Gasteiger partial charge on any atom is -0.00489 e. The van der Waals surface area contributed by atoms with Gasteiger partial charge in [-0.15, -0.1) is 0 Å². The summed E-state index contributed by atoms with van der Waals surface area (Å²) >= 11 is 0. The van der Waals surface area contributed by atoms with Crippen molar-refractivity contribution in [3.05, 3.63) is 0 Å². The van der Waals surface area contributed by atoms with Crippen LogP contribution in [0.3, 0.4) is 0 Å². The van der Waals surface area contributed by atoms with Gasteiger partial charge in [-0.05, 0) is 31.2 Å². The Morgan fingerprint density at radius 2 is 1.75 bits per heavy atom. The lowest BCUT2D eigenvalue weighted by molar-refractivity contribution is 0.398. The largest absolute Gasteiger partial charge is 0.330 e. The third-order valence-electron chi connectivity index (χ3n) is 2.45. The Bertz CT molecular complexity index is 89.0. The first-order chi connectivity index (χ1) is 5.70. The summed E-state index contributed by atoms with van der Waals surface area (Å²) in [6.45, 7) is 7.70. The lowest BCUT2D eigenvalue weighted by Crippen LogP contribution is -2.14. The van der Waals surface area contributed by atoms with Gasteiger partial charge in [-0.25, -0.2) is 0 Å². The minimum absolute atomic E-state index is 0.785. The molecule has 0 rings (SSSR count). The molecule has 74 valence electrons.